The summed E-state index contributed by atoms with van der Waals surface area (Å²) in [4.78, 5) is 23.9. The zero-order valence-electron chi connectivity index (χ0n) is 19.9. The Balaban J connectivity index is 1.41. The van der Waals surface area contributed by atoms with E-state index < -0.39 is 21.8 Å². The molecule has 2 heterocycles. The molecule has 38 heavy (non-hydrogen) atoms. The number of benzene rings is 2. The summed E-state index contributed by atoms with van der Waals surface area (Å²) in [6.45, 7) is 0.0832. The summed E-state index contributed by atoms with van der Waals surface area (Å²) in [5, 5.41) is 6.67. The number of furan rings is 2. The molecule has 0 saturated carbocycles. The maximum absolute atomic E-state index is 13.4. The van der Waals surface area contributed by atoms with Gasteiger partial charge in [-0.2, -0.15) is 9.41 Å². The van der Waals surface area contributed by atoms with Crippen molar-refractivity contribution in [2.45, 2.75) is 24.5 Å². The van der Waals surface area contributed by atoms with Crippen molar-refractivity contribution in [2.75, 3.05) is 0 Å². The van der Waals surface area contributed by atoms with E-state index in [2.05, 4.69) is 15.8 Å². The molecule has 196 valence electrons. The fraction of sp³-hybridized carbons (Fsp3) is 0.115. The molecule has 0 bridgehead atoms. The highest BCUT2D eigenvalue weighted by atomic mass is 35.5. The molecule has 0 aliphatic heterocycles. The Morgan fingerprint density at radius 1 is 0.895 bits per heavy atom. The molecular formula is C26H23ClN4O6S. The van der Waals surface area contributed by atoms with Crippen LogP contribution in [0.4, 0.5) is 0 Å². The molecule has 0 aliphatic rings. The normalized spacial score (nSPS) is 11.6. The number of nitrogens with one attached hydrogen (secondary N) is 2. The number of hydrogen-bond donors (Lipinski definition) is 2. The predicted octanol–water partition coefficient (Wildman–Crippen LogP) is 3.68. The van der Waals surface area contributed by atoms with Crippen molar-refractivity contribution in [3.63, 3.8) is 0 Å². The molecule has 12 heteroatoms. The number of hydrazone groups is 1. The first-order valence-electron chi connectivity index (χ1n) is 11.3. The molecule has 2 N–H and O–H groups in total. The third-order valence-electron chi connectivity index (χ3n) is 5.24. The summed E-state index contributed by atoms with van der Waals surface area (Å²) < 4.78 is 38.9. The van der Waals surface area contributed by atoms with Gasteiger partial charge < -0.3 is 14.2 Å². The lowest BCUT2D eigenvalue weighted by molar-refractivity contribution is -0.139. The lowest BCUT2D eigenvalue weighted by Gasteiger charge is -2.21. The van der Waals surface area contributed by atoms with Crippen LogP contribution in [0.2, 0.25) is 5.02 Å². The molecular weight excluding hydrogens is 532 g/mol. The fourth-order valence-corrected chi connectivity index (χ4v) is 4.89. The lowest BCUT2D eigenvalue weighted by atomic mass is 10.2. The number of rotatable bonds is 10. The van der Waals surface area contributed by atoms with Gasteiger partial charge in [-0.3, -0.25) is 9.59 Å². The number of amides is 2. The lowest BCUT2D eigenvalue weighted by Crippen LogP contribution is -2.37. The van der Waals surface area contributed by atoms with Gasteiger partial charge in [-0.15, -0.1) is 0 Å². The zero-order chi connectivity index (χ0) is 27.0. The maximum atomic E-state index is 13.4. The summed E-state index contributed by atoms with van der Waals surface area (Å²) in [6, 6.07) is 21.5. The van der Waals surface area contributed by atoms with Crippen LogP contribution in [0.3, 0.4) is 0 Å². The van der Waals surface area contributed by atoms with Crippen molar-refractivity contribution in [2.24, 2.45) is 5.10 Å². The molecule has 2 aromatic carbocycles. The van der Waals surface area contributed by atoms with Crippen LogP contribution in [-0.4, -0.2) is 30.8 Å². The summed E-state index contributed by atoms with van der Waals surface area (Å²) in [7, 11) is -3.86. The Bertz CT molecular complexity index is 1500. The molecule has 0 radical (unpaired) electrons. The second-order valence-electron chi connectivity index (χ2n) is 7.98. The number of halogens is 1. The van der Waals surface area contributed by atoms with Gasteiger partial charge >= 0.3 is 11.8 Å². The van der Waals surface area contributed by atoms with Gasteiger partial charge in [0.25, 0.3) is 0 Å². The smallest absolute Gasteiger partial charge is 0.329 e. The first-order valence-corrected chi connectivity index (χ1v) is 13.1. The van der Waals surface area contributed by atoms with Crippen LogP contribution in [0.5, 0.6) is 0 Å². The van der Waals surface area contributed by atoms with E-state index in [0.717, 1.165) is 5.56 Å². The topological polar surface area (TPSA) is 134 Å². The Morgan fingerprint density at radius 2 is 1.66 bits per heavy atom. The first kappa shape index (κ1) is 26.9. The third-order valence-corrected chi connectivity index (χ3v) is 7.29. The number of carbonyl (C=O) groups is 2. The SMILES string of the molecule is O=C(NCc1ccco1)C(=O)N/N=C/c1ccc(CN(Cc2ccc(Cl)cc2)S(=O)(=O)c2ccccc2)o1. The van der Waals surface area contributed by atoms with Gasteiger partial charge in [-0.05, 0) is 54.1 Å². The van der Waals surface area contributed by atoms with E-state index in [1.54, 1.807) is 66.7 Å². The van der Waals surface area contributed by atoms with Crippen molar-refractivity contribution in [3.05, 3.63) is 113 Å². The second kappa shape index (κ2) is 12.4. The van der Waals surface area contributed by atoms with Crippen molar-refractivity contribution in [1.29, 1.82) is 0 Å². The molecule has 0 saturated heterocycles. The van der Waals surface area contributed by atoms with E-state index in [4.69, 9.17) is 20.4 Å². The monoisotopic (exact) mass is 554 g/mol. The predicted molar refractivity (Wildman–Crippen MR) is 139 cm³/mol. The summed E-state index contributed by atoms with van der Waals surface area (Å²) in [5.74, 6) is -0.759. The molecule has 2 aromatic heterocycles. The van der Waals surface area contributed by atoms with E-state index in [0.29, 0.717) is 16.5 Å². The Kier molecular flexibility index (Phi) is 8.74. The van der Waals surface area contributed by atoms with Gasteiger partial charge in [-0.1, -0.05) is 41.9 Å². The van der Waals surface area contributed by atoms with Crippen LogP contribution in [0.1, 0.15) is 22.8 Å². The van der Waals surface area contributed by atoms with Gasteiger partial charge in [-0.25, -0.2) is 13.8 Å². The van der Waals surface area contributed by atoms with Crippen molar-refractivity contribution in [1.82, 2.24) is 15.0 Å². The molecule has 4 rings (SSSR count). The van der Waals surface area contributed by atoms with E-state index in [1.165, 1.54) is 28.9 Å². The van der Waals surface area contributed by atoms with E-state index in [1.807, 2.05) is 0 Å². The number of carbonyl (C=O) groups excluding carboxylic acids is 2. The van der Waals surface area contributed by atoms with Crippen molar-refractivity contribution < 1.29 is 26.8 Å². The van der Waals surface area contributed by atoms with Crippen LogP contribution in [0.15, 0.2) is 104 Å². The maximum Gasteiger partial charge on any atom is 0.329 e. The van der Waals surface area contributed by atoms with Gasteiger partial charge in [0.2, 0.25) is 10.0 Å². The van der Waals surface area contributed by atoms with Crippen molar-refractivity contribution >= 4 is 39.7 Å². The van der Waals surface area contributed by atoms with Crippen LogP contribution in [0.25, 0.3) is 0 Å². The molecule has 0 fully saturated rings. The average Bonchev–Trinajstić information content (AvgIpc) is 3.61. The van der Waals surface area contributed by atoms with Gasteiger partial charge in [0.15, 0.2) is 0 Å². The van der Waals surface area contributed by atoms with Gasteiger partial charge in [0.05, 0.1) is 30.5 Å². The second-order valence-corrected chi connectivity index (χ2v) is 10.4. The van der Waals surface area contributed by atoms with Crippen LogP contribution >= 0.6 is 11.6 Å². The summed E-state index contributed by atoms with van der Waals surface area (Å²) >= 11 is 5.97. The van der Waals surface area contributed by atoms with E-state index in [9.17, 15) is 18.0 Å². The Morgan fingerprint density at radius 3 is 2.37 bits per heavy atom. The van der Waals surface area contributed by atoms with Gasteiger partial charge in [0, 0.05) is 11.6 Å². The minimum Gasteiger partial charge on any atom is -0.467 e. The summed E-state index contributed by atoms with van der Waals surface area (Å²) in [6.07, 6.45) is 2.66. The molecule has 4 aromatic rings. The number of sulfonamides is 1. The third kappa shape index (κ3) is 7.19. The van der Waals surface area contributed by atoms with E-state index in [-0.39, 0.29) is 30.3 Å². The van der Waals surface area contributed by atoms with E-state index >= 15 is 0 Å². The molecule has 10 nitrogen and oxygen atoms in total. The minimum atomic E-state index is -3.86. The average molecular weight is 555 g/mol. The molecule has 0 aliphatic carbocycles. The first-order chi connectivity index (χ1) is 18.3. The Labute approximate surface area is 223 Å². The highest BCUT2D eigenvalue weighted by Crippen LogP contribution is 2.22. The van der Waals surface area contributed by atoms with Crippen LogP contribution in [0, 0.1) is 0 Å². The molecule has 0 spiro atoms. The van der Waals surface area contributed by atoms with Gasteiger partial charge in [0.1, 0.15) is 17.3 Å². The molecule has 2 amide bonds. The quantitative estimate of drug-likeness (QED) is 0.174. The highest BCUT2D eigenvalue weighted by molar-refractivity contribution is 7.89. The molecule has 0 atom stereocenters. The Hall–Kier alpha value is -4.19. The number of nitrogens with zero attached hydrogens (tertiary/aromatic N) is 2. The van der Waals surface area contributed by atoms with Crippen LogP contribution in [-0.2, 0) is 39.2 Å². The summed E-state index contributed by atoms with van der Waals surface area (Å²) in [5.41, 5.74) is 2.85. The fourth-order valence-electron chi connectivity index (χ4n) is 3.35. The van der Waals surface area contributed by atoms with Crippen LogP contribution < -0.4 is 10.7 Å². The minimum absolute atomic E-state index is 0.0585. The largest absolute Gasteiger partial charge is 0.467 e. The van der Waals surface area contributed by atoms with Crippen molar-refractivity contribution in [3.8, 4) is 0 Å². The number of hydrogen-bond acceptors (Lipinski definition) is 7. The highest BCUT2D eigenvalue weighted by Gasteiger charge is 2.26. The standard InChI is InChI=1S/C26H23ClN4O6S/c27-20-10-8-19(9-11-20)17-31(38(34,35)24-6-2-1-3-7-24)18-23-13-12-22(37-23)16-29-30-26(33)25(32)28-15-21-5-4-14-36-21/h1-14,16H,15,17-18H2,(H,28,32)(H,30,33)/b29-16+. The zero-order valence-corrected chi connectivity index (χ0v) is 21.5. The molecule has 0 unspecified atom stereocenters.